The summed E-state index contributed by atoms with van der Waals surface area (Å²) < 4.78 is 26.3. The van der Waals surface area contributed by atoms with Gasteiger partial charge in [0, 0.05) is 12.8 Å². The van der Waals surface area contributed by atoms with E-state index in [-0.39, 0.29) is 19.4 Å². The maximum atomic E-state index is 12.4. The predicted octanol–water partition coefficient (Wildman–Crippen LogP) is 11.0. The minimum absolute atomic E-state index is 0.191. The van der Waals surface area contributed by atoms with E-state index in [1.54, 1.807) is 0 Å². The number of carbonyl (C=O) groups excluding carboxylic acids is 2. The van der Waals surface area contributed by atoms with E-state index in [1.165, 1.54) is 12.8 Å². The molecule has 0 heterocycles. The van der Waals surface area contributed by atoms with Gasteiger partial charge in [-0.1, -0.05) is 132 Å². The largest absolute Gasteiger partial charge is 0.469 e. The van der Waals surface area contributed by atoms with Gasteiger partial charge >= 0.3 is 19.8 Å². The molecular formula is C39H67O8P. The summed E-state index contributed by atoms with van der Waals surface area (Å²) in [5, 5.41) is 0. The van der Waals surface area contributed by atoms with Gasteiger partial charge in [-0.15, -0.1) is 0 Å². The summed E-state index contributed by atoms with van der Waals surface area (Å²) in [5.41, 5.74) is 0. The monoisotopic (exact) mass is 694 g/mol. The molecule has 2 N–H and O–H groups in total. The quantitative estimate of drug-likeness (QED) is 0.0301. The highest BCUT2D eigenvalue weighted by molar-refractivity contribution is 7.46. The Kier molecular flexibility index (Phi) is 33.0. The Morgan fingerprint density at radius 1 is 0.562 bits per heavy atom. The van der Waals surface area contributed by atoms with Crippen molar-refractivity contribution in [2.75, 3.05) is 13.2 Å². The number of unbranched alkanes of at least 4 members (excludes halogenated alkanes) is 13. The SMILES string of the molecule is CC/C=C\C/C=C\C/C=C\C/C=C\CCCCCCCCC(=O)OC(COC(=O)CCCCCCC/C=C\CCCC)COP(=O)(O)O. The van der Waals surface area contributed by atoms with E-state index in [0.29, 0.717) is 12.8 Å². The van der Waals surface area contributed by atoms with Crippen LogP contribution in [0.3, 0.4) is 0 Å². The Labute approximate surface area is 292 Å². The van der Waals surface area contributed by atoms with Crippen LogP contribution in [0.1, 0.15) is 155 Å². The van der Waals surface area contributed by atoms with E-state index < -0.39 is 32.5 Å². The standard InChI is InChI=1S/C39H67O8P/c1-3-5-7-9-11-13-15-16-17-18-19-20-21-22-24-26-28-30-32-34-39(41)47-37(36-46-48(42,43)44)35-45-38(40)33-31-29-27-25-23-14-12-10-8-6-4-2/h5,7,10-13,16-17,19-20,37H,3-4,6,8-9,14-15,18,21-36H2,1-2H3,(H2,42,43,44)/b7-5-,12-10-,13-11-,17-16-,20-19-. The lowest BCUT2D eigenvalue weighted by Gasteiger charge is -2.18. The molecule has 0 aromatic heterocycles. The average Bonchev–Trinajstić information content (AvgIpc) is 3.05. The second-order valence-corrected chi connectivity index (χ2v) is 13.4. The maximum Gasteiger partial charge on any atom is 0.469 e. The molecule has 0 rings (SSSR count). The van der Waals surface area contributed by atoms with E-state index >= 15 is 0 Å². The Morgan fingerprint density at radius 2 is 1.00 bits per heavy atom. The van der Waals surface area contributed by atoms with Gasteiger partial charge in [0.25, 0.3) is 0 Å². The average molecular weight is 695 g/mol. The molecule has 8 nitrogen and oxygen atoms in total. The van der Waals surface area contributed by atoms with Gasteiger partial charge < -0.3 is 19.3 Å². The minimum atomic E-state index is -4.76. The molecule has 48 heavy (non-hydrogen) atoms. The molecule has 0 spiro atoms. The first-order valence-electron chi connectivity index (χ1n) is 18.6. The zero-order chi connectivity index (χ0) is 35.4. The highest BCUT2D eigenvalue weighted by Gasteiger charge is 2.22. The third kappa shape index (κ3) is 36.6. The van der Waals surface area contributed by atoms with Crippen molar-refractivity contribution in [3.63, 3.8) is 0 Å². The van der Waals surface area contributed by atoms with Gasteiger partial charge in [-0.25, -0.2) is 4.57 Å². The zero-order valence-electron chi connectivity index (χ0n) is 30.1. The van der Waals surface area contributed by atoms with Gasteiger partial charge in [-0.2, -0.15) is 0 Å². The van der Waals surface area contributed by atoms with E-state index in [4.69, 9.17) is 19.3 Å². The molecule has 0 amide bonds. The third-order valence-electron chi connectivity index (χ3n) is 7.52. The van der Waals surface area contributed by atoms with Gasteiger partial charge in [-0.05, 0) is 70.6 Å². The van der Waals surface area contributed by atoms with Crippen LogP contribution in [0.4, 0.5) is 0 Å². The van der Waals surface area contributed by atoms with Crippen molar-refractivity contribution in [3.05, 3.63) is 60.8 Å². The van der Waals surface area contributed by atoms with Crippen molar-refractivity contribution >= 4 is 19.8 Å². The van der Waals surface area contributed by atoms with Crippen LogP contribution in [0.2, 0.25) is 0 Å². The van der Waals surface area contributed by atoms with Gasteiger partial charge in [-0.3, -0.25) is 14.1 Å². The number of phosphoric acid groups is 1. The Balaban J connectivity index is 4.01. The second kappa shape index (κ2) is 34.6. The summed E-state index contributed by atoms with van der Waals surface area (Å²) in [7, 11) is -4.76. The maximum absolute atomic E-state index is 12.4. The van der Waals surface area contributed by atoms with Crippen LogP contribution in [0.5, 0.6) is 0 Å². The van der Waals surface area contributed by atoms with Crippen LogP contribution >= 0.6 is 7.82 Å². The second-order valence-electron chi connectivity index (χ2n) is 12.2. The van der Waals surface area contributed by atoms with Gasteiger partial charge in [0.2, 0.25) is 0 Å². The highest BCUT2D eigenvalue weighted by Crippen LogP contribution is 2.36. The lowest BCUT2D eigenvalue weighted by Crippen LogP contribution is -2.29. The summed E-state index contributed by atoms with van der Waals surface area (Å²) in [6.07, 6.45) is 42.3. The van der Waals surface area contributed by atoms with E-state index in [1.807, 2.05) is 0 Å². The number of allylic oxidation sites excluding steroid dienone is 10. The molecule has 0 aliphatic heterocycles. The first kappa shape index (κ1) is 45.8. The molecule has 0 bridgehead atoms. The van der Waals surface area contributed by atoms with Crippen molar-refractivity contribution in [1.82, 2.24) is 0 Å². The molecule has 0 fully saturated rings. The van der Waals surface area contributed by atoms with E-state index in [2.05, 4.69) is 79.1 Å². The third-order valence-corrected chi connectivity index (χ3v) is 8.01. The van der Waals surface area contributed by atoms with Gasteiger partial charge in [0.05, 0.1) is 6.61 Å². The summed E-state index contributed by atoms with van der Waals surface area (Å²) >= 11 is 0. The van der Waals surface area contributed by atoms with Crippen molar-refractivity contribution in [3.8, 4) is 0 Å². The fourth-order valence-corrected chi connectivity index (χ4v) is 5.12. The molecule has 0 aromatic rings. The lowest BCUT2D eigenvalue weighted by atomic mass is 10.1. The number of hydrogen-bond acceptors (Lipinski definition) is 6. The number of carbonyl (C=O) groups is 2. The number of hydrogen-bond donors (Lipinski definition) is 2. The summed E-state index contributed by atoms with van der Waals surface area (Å²) in [5.74, 6) is -0.919. The van der Waals surface area contributed by atoms with Crippen LogP contribution in [0.15, 0.2) is 60.8 Å². The molecule has 0 aromatic carbocycles. The van der Waals surface area contributed by atoms with Crippen LogP contribution < -0.4 is 0 Å². The first-order chi connectivity index (χ1) is 23.3. The van der Waals surface area contributed by atoms with Crippen LogP contribution in [0.25, 0.3) is 0 Å². The van der Waals surface area contributed by atoms with Crippen molar-refractivity contribution in [1.29, 1.82) is 0 Å². The number of esters is 2. The summed E-state index contributed by atoms with van der Waals surface area (Å²) in [4.78, 5) is 42.6. The predicted molar refractivity (Wildman–Crippen MR) is 197 cm³/mol. The highest BCUT2D eigenvalue weighted by atomic mass is 31.2. The molecular weight excluding hydrogens is 627 g/mol. The Hall–Kier alpha value is -2.25. The summed E-state index contributed by atoms with van der Waals surface area (Å²) in [6.45, 7) is 3.49. The van der Waals surface area contributed by atoms with Crippen LogP contribution in [-0.4, -0.2) is 41.0 Å². The molecule has 0 saturated heterocycles. The lowest BCUT2D eigenvalue weighted by molar-refractivity contribution is -0.161. The molecule has 0 aliphatic rings. The fourth-order valence-electron chi connectivity index (χ4n) is 4.75. The van der Waals surface area contributed by atoms with Crippen LogP contribution in [-0.2, 0) is 28.2 Å². The molecule has 9 heteroatoms. The first-order valence-corrected chi connectivity index (χ1v) is 20.1. The smallest absolute Gasteiger partial charge is 0.462 e. The Morgan fingerprint density at radius 3 is 1.52 bits per heavy atom. The molecule has 0 saturated carbocycles. The number of ether oxygens (including phenoxy) is 2. The summed E-state index contributed by atoms with van der Waals surface area (Å²) in [6, 6.07) is 0. The molecule has 1 atom stereocenters. The molecule has 1 unspecified atom stereocenters. The van der Waals surface area contributed by atoms with E-state index in [0.717, 1.165) is 103 Å². The van der Waals surface area contributed by atoms with E-state index in [9.17, 15) is 14.2 Å². The Bertz CT molecular complexity index is 963. The zero-order valence-corrected chi connectivity index (χ0v) is 31.0. The topological polar surface area (TPSA) is 119 Å². The number of phosphoric ester groups is 1. The van der Waals surface area contributed by atoms with Crippen molar-refractivity contribution < 1.29 is 37.9 Å². The number of rotatable bonds is 33. The van der Waals surface area contributed by atoms with Crippen molar-refractivity contribution in [2.24, 2.45) is 0 Å². The van der Waals surface area contributed by atoms with Gasteiger partial charge in [0.15, 0.2) is 6.10 Å². The van der Waals surface area contributed by atoms with Gasteiger partial charge in [0.1, 0.15) is 6.61 Å². The normalized spacial score (nSPS) is 13.2. The van der Waals surface area contributed by atoms with Crippen molar-refractivity contribution in [2.45, 2.75) is 161 Å². The minimum Gasteiger partial charge on any atom is -0.462 e. The molecule has 0 radical (unpaired) electrons. The molecule has 0 aliphatic carbocycles. The fraction of sp³-hybridized carbons (Fsp3) is 0.692. The van der Waals surface area contributed by atoms with Crippen LogP contribution in [0, 0.1) is 0 Å². The molecule has 276 valence electrons.